The quantitative estimate of drug-likeness (QED) is 0.891. The van der Waals surface area contributed by atoms with Gasteiger partial charge < -0.3 is 9.84 Å². The molecule has 1 N–H and O–H groups in total. The summed E-state index contributed by atoms with van der Waals surface area (Å²) in [6.45, 7) is 1.62. The molecular formula is C14H19NO3. The molecule has 0 bridgehead atoms. The molecule has 4 nitrogen and oxygen atoms in total. The summed E-state index contributed by atoms with van der Waals surface area (Å²) in [5.41, 5.74) is -0.624. The fourth-order valence-corrected chi connectivity index (χ4v) is 2.43. The normalized spacial score (nSPS) is 20.3. The molecule has 1 saturated carbocycles. The highest BCUT2D eigenvalue weighted by Crippen LogP contribution is 2.31. The average Bonchev–Trinajstić information content (AvgIpc) is 2.40. The molecule has 0 amide bonds. The van der Waals surface area contributed by atoms with E-state index in [9.17, 15) is 9.90 Å². The summed E-state index contributed by atoms with van der Waals surface area (Å²) in [6.07, 6.45) is 8.61. The van der Waals surface area contributed by atoms with Crippen molar-refractivity contribution < 1.29 is 14.6 Å². The van der Waals surface area contributed by atoms with E-state index in [1.165, 1.54) is 6.42 Å². The van der Waals surface area contributed by atoms with Gasteiger partial charge in [0.1, 0.15) is 0 Å². The van der Waals surface area contributed by atoms with Gasteiger partial charge in [-0.15, -0.1) is 0 Å². The first-order valence-corrected chi connectivity index (χ1v) is 6.44. The Labute approximate surface area is 107 Å². The maximum atomic E-state index is 11.5. The van der Waals surface area contributed by atoms with Crippen molar-refractivity contribution in [3.8, 4) is 0 Å². The average molecular weight is 249 g/mol. The number of rotatable bonds is 4. The zero-order valence-electron chi connectivity index (χ0n) is 10.6. The summed E-state index contributed by atoms with van der Waals surface area (Å²) in [5, 5.41) is 9.47. The number of nitrogens with zero attached hydrogens (tertiary/aromatic N) is 1. The maximum Gasteiger partial charge on any atom is 0.340 e. The SMILES string of the molecule is CC(OC1CCCCC1)(C(=O)O)c1ccncc1. The lowest BCUT2D eigenvalue weighted by molar-refractivity contribution is -0.175. The van der Waals surface area contributed by atoms with E-state index in [0.29, 0.717) is 5.56 Å². The molecule has 1 fully saturated rings. The molecule has 2 rings (SSSR count). The number of pyridine rings is 1. The topological polar surface area (TPSA) is 59.4 Å². The van der Waals surface area contributed by atoms with E-state index in [4.69, 9.17) is 4.74 Å². The number of carboxylic acids is 1. The van der Waals surface area contributed by atoms with E-state index in [1.54, 1.807) is 31.5 Å². The highest BCUT2D eigenvalue weighted by Gasteiger charge is 2.39. The first kappa shape index (κ1) is 13.0. The van der Waals surface area contributed by atoms with Gasteiger partial charge in [-0.25, -0.2) is 4.79 Å². The zero-order chi connectivity index (χ0) is 13.0. The fraction of sp³-hybridized carbons (Fsp3) is 0.571. The Balaban J connectivity index is 2.19. The molecule has 1 aromatic rings. The minimum absolute atomic E-state index is 0.0491. The van der Waals surface area contributed by atoms with Gasteiger partial charge in [-0.1, -0.05) is 19.3 Å². The van der Waals surface area contributed by atoms with Crippen molar-refractivity contribution in [2.45, 2.75) is 50.7 Å². The van der Waals surface area contributed by atoms with E-state index >= 15 is 0 Å². The van der Waals surface area contributed by atoms with Crippen molar-refractivity contribution in [2.24, 2.45) is 0 Å². The molecule has 1 atom stereocenters. The Morgan fingerprint density at radius 1 is 1.33 bits per heavy atom. The number of hydrogen-bond acceptors (Lipinski definition) is 3. The molecule has 0 spiro atoms. The molecule has 1 aliphatic rings. The summed E-state index contributed by atoms with van der Waals surface area (Å²) in [5.74, 6) is -0.945. The third-order valence-corrected chi connectivity index (χ3v) is 3.59. The molecule has 98 valence electrons. The van der Waals surface area contributed by atoms with Crippen molar-refractivity contribution in [1.29, 1.82) is 0 Å². The van der Waals surface area contributed by atoms with E-state index in [0.717, 1.165) is 25.7 Å². The Morgan fingerprint density at radius 2 is 1.94 bits per heavy atom. The van der Waals surface area contributed by atoms with E-state index in [-0.39, 0.29) is 6.10 Å². The number of carboxylic acid groups (broad SMARTS) is 1. The summed E-state index contributed by atoms with van der Waals surface area (Å²) in [6, 6.07) is 3.41. The maximum absolute atomic E-state index is 11.5. The van der Waals surface area contributed by atoms with Crippen LogP contribution in [0.3, 0.4) is 0 Å². The minimum Gasteiger partial charge on any atom is -0.479 e. The second-order valence-electron chi connectivity index (χ2n) is 4.95. The van der Waals surface area contributed by atoms with Gasteiger partial charge in [-0.3, -0.25) is 4.98 Å². The summed E-state index contributed by atoms with van der Waals surface area (Å²) >= 11 is 0. The first-order valence-electron chi connectivity index (χ1n) is 6.44. The van der Waals surface area contributed by atoms with Crippen LogP contribution in [0, 0.1) is 0 Å². The van der Waals surface area contributed by atoms with Crippen molar-refractivity contribution in [2.75, 3.05) is 0 Å². The van der Waals surface area contributed by atoms with Crippen molar-refractivity contribution in [3.63, 3.8) is 0 Å². The summed E-state index contributed by atoms with van der Waals surface area (Å²) in [4.78, 5) is 15.5. The largest absolute Gasteiger partial charge is 0.479 e. The van der Waals surface area contributed by atoms with E-state index < -0.39 is 11.6 Å². The van der Waals surface area contributed by atoms with Crippen LogP contribution in [-0.4, -0.2) is 22.2 Å². The Kier molecular flexibility index (Phi) is 3.97. The number of carbonyl (C=O) groups is 1. The lowest BCUT2D eigenvalue weighted by Gasteiger charge is -2.32. The van der Waals surface area contributed by atoms with Crippen LogP contribution in [0.4, 0.5) is 0 Å². The van der Waals surface area contributed by atoms with Crippen molar-refractivity contribution in [3.05, 3.63) is 30.1 Å². The number of aliphatic carboxylic acids is 1. The molecule has 0 radical (unpaired) electrons. The fourth-order valence-electron chi connectivity index (χ4n) is 2.43. The second-order valence-corrected chi connectivity index (χ2v) is 4.95. The predicted molar refractivity (Wildman–Crippen MR) is 67.2 cm³/mol. The van der Waals surface area contributed by atoms with Crippen LogP contribution in [0.15, 0.2) is 24.5 Å². The van der Waals surface area contributed by atoms with Crippen LogP contribution in [0.25, 0.3) is 0 Å². The Hall–Kier alpha value is -1.42. The van der Waals surface area contributed by atoms with Gasteiger partial charge in [-0.05, 0) is 37.5 Å². The van der Waals surface area contributed by atoms with Gasteiger partial charge in [0.15, 0.2) is 5.60 Å². The lowest BCUT2D eigenvalue weighted by Crippen LogP contribution is -2.39. The van der Waals surface area contributed by atoms with Gasteiger partial charge >= 0.3 is 5.97 Å². The molecule has 4 heteroatoms. The standard InChI is InChI=1S/C14H19NO3/c1-14(13(16)17,11-7-9-15-10-8-11)18-12-5-3-2-4-6-12/h7-10,12H,2-6H2,1H3,(H,16,17). The monoisotopic (exact) mass is 249 g/mol. The predicted octanol–water partition coefficient (Wildman–Crippen LogP) is 2.73. The van der Waals surface area contributed by atoms with Crippen molar-refractivity contribution >= 4 is 5.97 Å². The lowest BCUT2D eigenvalue weighted by atomic mass is 9.93. The second kappa shape index (κ2) is 5.48. The van der Waals surface area contributed by atoms with Gasteiger partial charge in [0.25, 0.3) is 0 Å². The van der Waals surface area contributed by atoms with Gasteiger partial charge in [-0.2, -0.15) is 0 Å². The molecule has 1 aromatic heterocycles. The molecule has 1 aliphatic carbocycles. The van der Waals surface area contributed by atoms with Gasteiger partial charge in [0.05, 0.1) is 6.10 Å². The molecule has 0 aliphatic heterocycles. The van der Waals surface area contributed by atoms with Gasteiger partial charge in [0, 0.05) is 12.4 Å². The van der Waals surface area contributed by atoms with E-state index in [1.807, 2.05) is 0 Å². The first-order chi connectivity index (χ1) is 8.63. The molecule has 1 unspecified atom stereocenters. The molecule has 1 heterocycles. The molecule has 18 heavy (non-hydrogen) atoms. The van der Waals surface area contributed by atoms with Crippen LogP contribution < -0.4 is 0 Å². The minimum atomic E-state index is -1.27. The molecular weight excluding hydrogens is 230 g/mol. The van der Waals surface area contributed by atoms with Crippen LogP contribution in [0.2, 0.25) is 0 Å². The third kappa shape index (κ3) is 2.70. The van der Waals surface area contributed by atoms with Gasteiger partial charge in [0.2, 0.25) is 0 Å². The van der Waals surface area contributed by atoms with Crippen LogP contribution >= 0.6 is 0 Å². The summed E-state index contributed by atoms with van der Waals surface area (Å²) in [7, 11) is 0. The van der Waals surface area contributed by atoms with Crippen LogP contribution in [0.1, 0.15) is 44.6 Å². The highest BCUT2D eigenvalue weighted by molar-refractivity contribution is 5.78. The molecule has 0 aromatic carbocycles. The third-order valence-electron chi connectivity index (χ3n) is 3.59. The zero-order valence-corrected chi connectivity index (χ0v) is 10.6. The Morgan fingerprint density at radius 3 is 2.50 bits per heavy atom. The smallest absolute Gasteiger partial charge is 0.340 e. The summed E-state index contributed by atoms with van der Waals surface area (Å²) < 4.78 is 5.90. The number of aromatic nitrogens is 1. The van der Waals surface area contributed by atoms with Crippen LogP contribution in [0.5, 0.6) is 0 Å². The Bertz CT molecular complexity index is 401. The molecule has 0 saturated heterocycles. The van der Waals surface area contributed by atoms with E-state index in [2.05, 4.69) is 4.98 Å². The number of ether oxygens (including phenoxy) is 1. The number of hydrogen-bond donors (Lipinski definition) is 1. The van der Waals surface area contributed by atoms with Crippen LogP contribution in [-0.2, 0) is 15.1 Å². The van der Waals surface area contributed by atoms with Crippen molar-refractivity contribution in [1.82, 2.24) is 4.98 Å². The highest BCUT2D eigenvalue weighted by atomic mass is 16.5.